The summed E-state index contributed by atoms with van der Waals surface area (Å²) in [6.07, 6.45) is 0. The Kier molecular flexibility index (Phi) is 4.65. The fraction of sp³-hybridized carbons (Fsp3) is 0.133. The lowest BCUT2D eigenvalue weighted by Crippen LogP contribution is -2.30. The van der Waals surface area contributed by atoms with Crippen molar-refractivity contribution in [2.75, 3.05) is 5.73 Å². The van der Waals surface area contributed by atoms with Gasteiger partial charge in [-0.25, -0.2) is 5.84 Å². The zero-order valence-electron chi connectivity index (χ0n) is 11.2. The predicted octanol–water partition coefficient (Wildman–Crippen LogP) is 2.47. The lowest BCUT2D eigenvalue weighted by molar-refractivity contribution is 0.0953. The third kappa shape index (κ3) is 3.12. The van der Waals surface area contributed by atoms with Gasteiger partial charge in [0.15, 0.2) is 0 Å². The molecule has 0 saturated carbocycles. The summed E-state index contributed by atoms with van der Waals surface area (Å²) in [5, 5.41) is 0. The molecule has 0 fully saturated rings. The minimum absolute atomic E-state index is 0.273. The highest BCUT2D eigenvalue weighted by Crippen LogP contribution is 2.29. The second-order valence-corrected chi connectivity index (χ2v) is 5.41. The van der Waals surface area contributed by atoms with E-state index in [2.05, 4.69) is 5.43 Å². The maximum atomic E-state index is 11.7. The number of amides is 1. The Morgan fingerprint density at radius 2 is 1.95 bits per heavy atom. The van der Waals surface area contributed by atoms with Crippen LogP contribution >= 0.6 is 11.8 Å². The van der Waals surface area contributed by atoms with Crippen LogP contribution in [0, 0.1) is 6.92 Å². The van der Waals surface area contributed by atoms with E-state index in [0.717, 1.165) is 21.7 Å². The summed E-state index contributed by atoms with van der Waals surface area (Å²) in [4.78, 5) is 12.8. The molecule has 20 heavy (non-hydrogen) atoms. The molecule has 0 bridgehead atoms. The molecule has 0 aliphatic carbocycles. The molecule has 0 unspecified atom stereocenters. The first-order chi connectivity index (χ1) is 9.63. The van der Waals surface area contributed by atoms with Crippen molar-refractivity contribution in [3.63, 3.8) is 0 Å². The number of nitrogens with two attached hydrogens (primary N) is 2. The highest BCUT2D eigenvalue weighted by Gasteiger charge is 2.10. The van der Waals surface area contributed by atoms with Crippen molar-refractivity contribution >= 4 is 23.4 Å². The lowest BCUT2D eigenvalue weighted by Gasteiger charge is -2.10. The van der Waals surface area contributed by atoms with Gasteiger partial charge in [-0.3, -0.25) is 10.2 Å². The normalized spacial score (nSPS) is 10.3. The Morgan fingerprint density at radius 1 is 1.20 bits per heavy atom. The van der Waals surface area contributed by atoms with Crippen molar-refractivity contribution in [3.05, 3.63) is 59.2 Å². The SMILES string of the molecule is Cc1c(N)cccc1SCc1ccccc1C(=O)NN. The second kappa shape index (κ2) is 6.45. The van der Waals surface area contributed by atoms with Crippen LogP contribution in [0.25, 0.3) is 0 Å². The molecular formula is C15H17N3OS. The fourth-order valence-electron chi connectivity index (χ4n) is 1.89. The Balaban J connectivity index is 2.19. The molecule has 4 nitrogen and oxygen atoms in total. The van der Waals surface area contributed by atoms with Gasteiger partial charge < -0.3 is 5.73 Å². The third-order valence-corrected chi connectivity index (χ3v) is 4.31. The van der Waals surface area contributed by atoms with Crippen molar-refractivity contribution in [3.8, 4) is 0 Å². The van der Waals surface area contributed by atoms with Crippen molar-refractivity contribution in [1.82, 2.24) is 5.43 Å². The molecule has 0 spiro atoms. The van der Waals surface area contributed by atoms with Crippen LogP contribution in [0.1, 0.15) is 21.5 Å². The Bertz CT molecular complexity index is 628. The monoisotopic (exact) mass is 287 g/mol. The van der Waals surface area contributed by atoms with Gasteiger partial charge >= 0.3 is 0 Å². The van der Waals surface area contributed by atoms with Crippen LogP contribution in [0.4, 0.5) is 5.69 Å². The molecule has 0 heterocycles. The topological polar surface area (TPSA) is 81.1 Å². The van der Waals surface area contributed by atoms with Crippen molar-refractivity contribution < 1.29 is 4.79 Å². The smallest absolute Gasteiger partial charge is 0.265 e. The van der Waals surface area contributed by atoms with Crippen LogP contribution in [-0.2, 0) is 5.75 Å². The number of nitrogens with one attached hydrogen (secondary N) is 1. The molecule has 0 atom stereocenters. The Morgan fingerprint density at radius 3 is 2.70 bits per heavy atom. The Labute approximate surface area is 122 Å². The molecule has 104 valence electrons. The number of hydrazine groups is 1. The van der Waals surface area contributed by atoms with Crippen molar-refractivity contribution in [1.29, 1.82) is 0 Å². The van der Waals surface area contributed by atoms with E-state index in [1.807, 2.05) is 43.3 Å². The molecule has 0 aromatic heterocycles. The zero-order chi connectivity index (χ0) is 14.5. The van der Waals surface area contributed by atoms with E-state index < -0.39 is 0 Å². The first-order valence-electron chi connectivity index (χ1n) is 6.20. The number of rotatable bonds is 4. The maximum absolute atomic E-state index is 11.7. The van der Waals surface area contributed by atoms with E-state index in [0.29, 0.717) is 11.3 Å². The van der Waals surface area contributed by atoms with Gasteiger partial charge in [-0.05, 0) is 36.2 Å². The van der Waals surface area contributed by atoms with E-state index in [-0.39, 0.29) is 5.91 Å². The largest absolute Gasteiger partial charge is 0.398 e. The van der Waals surface area contributed by atoms with Gasteiger partial charge in [-0.15, -0.1) is 11.8 Å². The van der Waals surface area contributed by atoms with E-state index in [4.69, 9.17) is 11.6 Å². The molecule has 0 radical (unpaired) electrons. The van der Waals surface area contributed by atoms with E-state index >= 15 is 0 Å². The van der Waals surface area contributed by atoms with E-state index in [1.54, 1.807) is 17.8 Å². The lowest BCUT2D eigenvalue weighted by atomic mass is 10.1. The van der Waals surface area contributed by atoms with E-state index in [1.165, 1.54) is 0 Å². The van der Waals surface area contributed by atoms with Crippen LogP contribution in [-0.4, -0.2) is 5.91 Å². The number of benzene rings is 2. The molecule has 5 heteroatoms. The zero-order valence-corrected chi connectivity index (χ0v) is 12.0. The molecule has 2 aromatic carbocycles. The van der Waals surface area contributed by atoms with Crippen LogP contribution < -0.4 is 17.0 Å². The van der Waals surface area contributed by atoms with Gasteiger partial charge in [0.1, 0.15) is 0 Å². The second-order valence-electron chi connectivity index (χ2n) is 4.39. The number of hydrogen-bond donors (Lipinski definition) is 3. The number of nitrogen functional groups attached to an aromatic ring is 2. The van der Waals surface area contributed by atoms with Gasteiger partial charge in [0.2, 0.25) is 0 Å². The molecule has 0 saturated heterocycles. The molecule has 2 aromatic rings. The summed E-state index contributed by atoms with van der Waals surface area (Å²) < 4.78 is 0. The summed E-state index contributed by atoms with van der Waals surface area (Å²) in [6, 6.07) is 13.3. The summed E-state index contributed by atoms with van der Waals surface area (Å²) in [5.74, 6) is 5.62. The van der Waals surface area contributed by atoms with Crippen molar-refractivity contribution in [2.45, 2.75) is 17.6 Å². The van der Waals surface area contributed by atoms with E-state index in [9.17, 15) is 4.79 Å². The average Bonchev–Trinajstić information content (AvgIpc) is 2.48. The standard InChI is InChI=1S/C15H17N3OS/c1-10-13(16)7-4-8-14(10)20-9-11-5-2-3-6-12(11)15(19)18-17/h2-8H,9,16-17H2,1H3,(H,18,19). The van der Waals surface area contributed by atoms with Gasteiger partial charge in [0.25, 0.3) is 5.91 Å². The number of hydrogen-bond acceptors (Lipinski definition) is 4. The minimum atomic E-state index is -0.273. The molecule has 5 N–H and O–H groups in total. The quantitative estimate of drug-likeness (QED) is 0.265. The molecule has 2 rings (SSSR count). The minimum Gasteiger partial charge on any atom is -0.398 e. The van der Waals surface area contributed by atoms with Gasteiger partial charge in [0.05, 0.1) is 0 Å². The molecule has 1 amide bonds. The number of carbonyl (C=O) groups is 1. The third-order valence-electron chi connectivity index (χ3n) is 3.10. The summed E-state index contributed by atoms with van der Waals surface area (Å²) in [6.45, 7) is 2.00. The summed E-state index contributed by atoms with van der Waals surface area (Å²) in [5.41, 5.74) is 11.5. The highest BCUT2D eigenvalue weighted by molar-refractivity contribution is 7.98. The highest BCUT2D eigenvalue weighted by atomic mass is 32.2. The maximum Gasteiger partial charge on any atom is 0.265 e. The number of carbonyl (C=O) groups excluding carboxylic acids is 1. The van der Waals surface area contributed by atoms with Gasteiger partial charge in [-0.2, -0.15) is 0 Å². The van der Waals surface area contributed by atoms with Crippen LogP contribution in [0.2, 0.25) is 0 Å². The van der Waals surface area contributed by atoms with Crippen molar-refractivity contribution in [2.24, 2.45) is 5.84 Å². The number of thioether (sulfide) groups is 1. The molecular weight excluding hydrogens is 270 g/mol. The first kappa shape index (κ1) is 14.4. The summed E-state index contributed by atoms with van der Waals surface area (Å²) in [7, 11) is 0. The Hall–Kier alpha value is -1.98. The number of anilines is 1. The molecule has 0 aliphatic heterocycles. The van der Waals surface area contributed by atoms with Crippen LogP contribution in [0.5, 0.6) is 0 Å². The predicted molar refractivity (Wildman–Crippen MR) is 83.2 cm³/mol. The average molecular weight is 287 g/mol. The fourth-order valence-corrected chi connectivity index (χ4v) is 2.96. The molecule has 0 aliphatic rings. The van der Waals surface area contributed by atoms with Gasteiger partial charge in [-0.1, -0.05) is 24.3 Å². The van der Waals surface area contributed by atoms with Gasteiger partial charge in [0, 0.05) is 21.9 Å². The van der Waals surface area contributed by atoms with Crippen LogP contribution in [0.15, 0.2) is 47.4 Å². The first-order valence-corrected chi connectivity index (χ1v) is 7.18. The van der Waals surface area contributed by atoms with Crippen LogP contribution in [0.3, 0.4) is 0 Å². The summed E-state index contributed by atoms with van der Waals surface area (Å²) >= 11 is 1.66.